The van der Waals surface area contributed by atoms with E-state index in [0.717, 1.165) is 28.0 Å². The van der Waals surface area contributed by atoms with Gasteiger partial charge < -0.3 is 20.3 Å². The van der Waals surface area contributed by atoms with Crippen LogP contribution in [0, 0.1) is 0 Å². The highest BCUT2D eigenvalue weighted by atomic mass is 32.2. The van der Waals surface area contributed by atoms with Crippen LogP contribution >= 0.6 is 0 Å². The second-order valence-corrected chi connectivity index (χ2v) is 10.7. The standard InChI is InChI=1S/C28H32FN5O3S/c1-4-22(17-36-3)38(35)23-11-9-21(10-12-23)25-16-32-28(30)27(33-25)26-13-24(34-37-26)20-7-5-19(6-8-20)15-31-18(2)14-29/h5-13,16,18,22,31H,4,14-15,17H2,1-3H3,(H2,30,32). The first-order valence-electron chi connectivity index (χ1n) is 12.4. The summed E-state index contributed by atoms with van der Waals surface area (Å²) in [5, 5.41) is 7.24. The Morgan fingerprint density at radius 1 is 1.11 bits per heavy atom. The molecule has 200 valence electrons. The van der Waals surface area contributed by atoms with Crippen LogP contribution in [0.5, 0.6) is 0 Å². The van der Waals surface area contributed by atoms with Gasteiger partial charge in [-0.3, -0.25) is 4.21 Å². The molecule has 3 unspecified atom stereocenters. The molecule has 0 saturated heterocycles. The van der Waals surface area contributed by atoms with Crippen LogP contribution in [0.25, 0.3) is 34.0 Å². The average Bonchev–Trinajstić information content (AvgIpc) is 3.45. The number of benzene rings is 2. The summed E-state index contributed by atoms with van der Waals surface area (Å²) >= 11 is 0. The Labute approximate surface area is 224 Å². The Kier molecular flexibility index (Phi) is 9.33. The van der Waals surface area contributed by atoms with Crippen molar-refractivity contribution in [2.75, 3.05) is 26.1 Å². The third-order valence-corrected chi connectivity index (χ3v) is 7.98. The number of ether oxygens (including phenoxy) is 1. The fraction of sp³-hybridized carbons (Fsp3) is 0.321. The van der Waals surface area contributed by atoms with E-state index >= 15 is 0 Å². The van der Waals surface area contributed by atoms with Crippen molar-refractivity contribution in [3.63, 3.8) is 0 Å². The number of hydrogen-bond acceptors (Lipinski definition) is 8. The van der Waals surface area contributed by atoms with Gasteiger partial charge in [-0.2, -0.15) is 0 Å². The molecule has 38 heavy (non-hydrogen) atoms. The Morgan fingerprint density at radius 2 is 1.79 bits per heavy atom. The lowest BCUT2D eigenvalue weighted by molar-refractivity contribution is 0.197. The fourth-order valence-corrected chi connectivity index (χ4v) is 5.20. The van der Waals surface area contributed by atoms with E-state index in [4.69, 9.17) is 15.0 Å². The number of hydrogen-bond donors (Lipinski definition) is 2. The molecule has 0 spiro atoms. The molecule has 3 N–H and O–H groups in total. The summed E-state index contributed by atoms with van der Waals surface area (Å²) in [5.74, 6) is 0.625. The molecule has 0 radical (unpaired) electrons. The number of aromatic nitrogens is 3. The number of nitrogens with zero attached hydrogens (tertiary/aromatic N) is 3. The quantitative estimate of drug-likeness (QED) is 0.259. The van der Waals surface area contributed by atoms with Gasteiger partial charge in [0, 0.05) is 41.8 Å². The molecule has 0 aliphatic carbocycles. The largest absolute Gasteiger partial charge is 0.383 e. The first-order valence-corrected chi connectivity index (χ1v) is 13.6. The molecule has 10 heteroatoms. The molecule has 2 heterocycles. The third-order valence-electron chi connectivity index (χ3n) is 6.17. The molecule has 4 aromatic rings. The Balaban J connectivity index is 1.52. The molecule has 0 aliphatic rings. The van der Waals surface area contributed by atoms with E-state index in [1.54, 1.807) is 26.3 Å². The highest BCUT2D eigenvalue weighted by Crippen LogP contribution is 2.30. The lowest BCUT2D eigenvalue weighted by atomic mass is 10.1. The predicted octanol–water partition coefficient (Wildman–Crippen LogP) is 5.03. The van der Waals surface area contributed by atoms with Crippen molar-refractivity contribution < 1.29 is 17.9 Å². The first-order chi connectivity index (χ1) is 18.4. The van der Waals surface area contributed by atoms with E-state index in [1.807, 2.05) is 55.5 Å². The summed E-state index contributed by atoms with van der Waals surface area (Å²) in [6.45, 7) is 4.42. The van der Waals surface area contributed by atoms with Crippen molar-refractivity contribution in [3.05, 3.63) is 66.4 Å². The monoisotopic (exact) mass is 537 g/mol. The Bertz CT molecular complexity index is 1360. The zero-order valence-corrected chi connectivity index (χ0v) is 22.5. The van der Waals surface area contributed by atoms with E-state index < -0.39 is 17.5 Å². The van der Waals surface area contributed by atoms with E-state index in [1.165, 1.54) is 0 Å². The smallest absolute Gasteiger partial charge is 0.189 e. The van der Waals surface area contributed by atoms with Gasteiger partial charge >= 0.3 is 0 Å². The Hall–Kier alpha value is -3.47. The van der Waals surface area contributed by atoms with Gasteiger partial charge in [-0.1, -0.05) is 48.5 Å². The van der Waals surface area contributed by atoms with E-state index in [-0.39, 0.29) is 17.1 Å². The lowest BCUT2D eigenvalue weighted by Gasteiger charge is -2.13. The van der Waals surface area contributed by atoms with Gasteiger partial charge in [0.05, 0.1) is 34.5 Å². The third kappa shape index (κ3) is 6.50. The molecule has 4 rings (SSSR count). The van der Waals surface area contributed by atoms with Crippen LogP contribution in [-0.4, -0.2) is 51.0 Å². The molecular formula is C28H32FN5O3S. The maximum Gasteiger partial charge on any atom is 0.189 e. The van der Waals surface area contributed by atoms with Crippen LogP contribution in [0.2, 0.25) is 0 Å². The van der Waals surface area contributed by atoms with Gasteiger partial charge in [-0.25, -0.2) is 14.4 Å². The SMILES string of the molecule is CCC(COC)S(=O)c1ccc(-c2cnc(N)c(-c3cc(-c4ccc(CNC(C)CF)cc4)no3)n2)cc1. The second kappa shape index (κ2) is 12.9. The number of nitrogens with one attached hydrogen (secondary N) is 1. The molecule has 0 fully saturated rings. The van der Waals surface area contributed by atoms with Crippen molar-refractivity contribution in [2.24, 2.45) is 0 Å². The van der Waals surface area contributed by atoms with Crippen molar-refractivity contribution in [3.8, 4) is 34.0 Å². The molecule has 0 bridgehead atoms. The highest BCUT2D eigenvalue weighted by Gasteiger charge is 2.18. The summed E-state index contributed by atoms with van der Waals surface area (Å²) in [6.07, 6.45) is 2.35. The first kappa shape index (κ1) is 27.6. The average molecular weight is 538 g/mol. The zero-order valence-electron chi connectivity index (χ0n) is 21.7. The van der Waals surface area contributed by atoms with E-state index in [2.05, 4.69) is 20.4 Å². The highest BCUT2D eigenvalue weighted by molar-refractivity contribution is 7.85. The van der Waals surface area contributed by atoms with Crippen molar-refractivity contribution in [2.45, 2.75) is 43.0 Å². The van der Waals surface area contributed by atoms with Crippen molar-refractivity contribution in [1.29, 1.82) is 0 Å². The topological polar surface area (TPSA) is 116 Å². The van der Waals surface area contributed by atoms with Crippen LogP contribution in [0.1, 0.15) is 25.8 Å². The number of anilines is 1. The number of methoxy groups -OCH3 is 1. The number of alkyl halides is 1. The van der Waals surface area contributed by atoms with E-state index in [9.17, 15) is 8.60 Å². The fourth-order valence-electron chi connectivity index (χ4n) is 3.85. The van der Waals surface area contributed by atoms with Crippen LogP contribution in [0.4, 0.5) is 10.2 Å². The molecule has 0 amide bonds. The maximum atomic E-state index is 12.9. The lowest BCUT2D eigenvalue weighted by Crippen LogP contribution is -2.27. The van der Waals surface area contributed by atoms with Gasteiger partial charge in [0.25, 0.3) is 0 Å². The molecule has 2 aromatic heterocycles. The van der Waals surface area contributed by atoms with Crippen molar-refractivity contribution >= 4 is 16.6 Å². The Morgan fingerprint density at radius 3 is 2.45 bits per heavy atom. The summed E-state index contributed by atoms with van der Waals surface area (Å²) in [6, 6.07) is 16.8. The molecule has 3 atom stereocenters. The van der Waals surface area contributed by atoms with Crippen LogP contribution in [0.15, 0.2) is 70.2 Å². The van der Waals surface area contributed by atoms with Crippen LogP contribution < -0.4 is 11.1 Å². The molecule has 2 aromatic carbocycles. The van der Waals surface area contributed by atoms with Gasteiger partial charge in [0.1, 0.15) is 12.4 Å². The van der Waals surface area contributed by atoms with Crippen molar-refractivity contribution in [1.82, 2.24) is 20.4 Å². The molecule has 0 saturated carbocycles. The van der Waals surface area contributed by atoms with E-state index in [0.29, 0.717) is 36.0 Å². The zero-order chi connectivity index (χ0) is 27.1. The minimum Gasteiger partial charge on any atom is -0.383 e. The minimum atomic E-state index is -1.17. The maximum absolute atomic E-state index is 12.9. The number of nitrogens with two attached hydrogens (primary N) is 1. The predicted molar refractivity (Wildman–Crippen MR) is 147 cm³/mol. The van der Waals surface area contributed by atoms with Crippen LogP contribution in [0.3, 0.4) is 0 Å². The summed E-state index contributed by atoms with van der Waals surface area (Å²) in [5.41, 5.74) is 10.5. The number of rotatable bonds is 12. The summed E-state index contributed by atoms with van der Waals surface area (Å²) < 4.78 is 36.3. The molecular weight excluding hydrogens is 505 g/mol. The van der Waals surface area contributed by atoms with Crippen LogP contribution in [-0.2, 0) is 22.1 Å². The number of halogens is 1. The van der Waals surface area contributed by atoms with Gasteiger partial charge in [0.2, 0.25) is 0 Å². The normalized spacial score (nSPS) is 13.8. The number of nitrogen functional groups attached to an aromatic ring is 1. The second-order valence-electron chi connectivity index (χ2n) is 9.01. The summed E-state index contributed by atoms with van der Waals surface area (Å²) in [4.78, 5) is 9.73. The van der Waals surface area contributed by atoms with Gasteiger partial charge in [-0.15, -0.1) is 0 Å². The molecule has 0 aliphatic heterocycles. The molecule has 8 nitrogen and oxygen atoms in total. The minimum absolute atomic E-state index is 0.0626. The van der Waals surface area contributed by atoms with Gasteiger partial charge in [-0.05, 0) is 31.0 Å². The van der Waals surface area contributed by atoms with Gasteiger partial charge in [0.15, 0.2) is 17.3 Å². The summed E-state index contributed by atoms with van der Waals surface area (Å²) in [7, 11) is 0.448.